The second-order valence-electron chi connectivity index (χ2n) is 0.671. The summed E-state index contributed by atoms with van der Waals surface area (Å²) in [6.45, 7) is 0. The molecule has 0 rings (SSSR count). The van der Waals surface area contributed by atoms with Crippen LogP contribution in [0.15, 0.2) is 0 Å². The van der Waals surface area contributed by atoms with Crippen LogP contribution in [-0.4, -0.2) is 15.3 Å². The summed E-state index contributed by atoms with van der Waals surface area (Å²) >= 11 is 0. The fourth-order valence-electron chi connectivity index (χ4n) is 0. The molecular formula is N3O9V. The second-order valence-corrected chi connectivity index (χ2v) is 0.671. The maximum atomic E-state index is 8.25. The van der Waals surface area contributed by atoms with Crippen molar-refractivity contribution in [2.24, 2.45) is 0 Å². The third-order valence-electron chi connectivity index (χ3n) is 0. The van der Waals surface area contributed by atoms with E-state index in [2.05, 4.69) is 0 Å². The predicted octanol–water partition coefficient (Wildman–Crippen LogP) is -0.720. The van der Waals surface area contributed by atoms with Crippen LogP contribution in [0.25, 0.3) is 0 Å². The van der Waals surface area contributed by atoms with Crippen molar-refractivity contribution in [1.82, 2.24) is 0 Å². The Labute approximate surface area is 80.6 Å². The molecule has 0 saturated carbocycles. The van der Waals surface area contributed by atoms with Crippen LogP contribution < -0.4 is 0 Å². The van der Waals surface area contributed by atoms with Crippen LogP contribution in [0.4, 0.5) is 0 Å². The summed E-state index contributed by atoms with van der Waals surface area (Å²) in [6.07, 6.45) is 0. The molecule has 0 fully saturated rings. The first kappa shape index (κ1) is 22.5. The molecule has 12 nitrogen and oxygen atoms in total. The Kier molecular flexibility index (Phi) is 28.8. The van der Waals surface area contributed by atoms with Crippen molar-refractivity contribution < 1.29 is 33.8 Å². The van der Waals surface area contributed by atoms with Crippen LogP contribution >= 0.6 is 0 Å². The van der Waals surface area contributed by atoms with E-state index in [9.17, 15) is 0 Å². The van der Waals surface area contributed by atoms with E-state index >= 15 is 0 Å². The first-order valence-electron chi connectivity index (χ1n) is 1.64. The molecule has 0 radical (unpaired) electrons. The van der Waals surface area contributed by atoms with Crippen LogP contribution in [0.3, 0.4) is 0 Å². The van der Waals surface area contributed by atoms with Gasteiger partial charge < -0.3 is 46.0 Å². The van der Waals surface area contributed by atoms with Crippen molar-refractivity contribution in [1.29, 1.82) is 0 Å². The zero-order valence-corrected chi connectivity index (χ0v) is 6.86. The summed E-state index contributed by atoms with van der Waals surface area (Å²) in [5, 5.41) is 44.2. The minimum absolute atomic E-state index is 0. The van der Waals surface area contributed by atoms with Gasteiger partial charge in [0.1, 0.15) is 0 Å². The van der Waals surface area contributed by atoms with E-state index in [1.165, 1.54) is 0 Å². The van der Waals surface area contributed by atoms with Crippen LogP contribution in [0.1, 0.15) is 0 Å². The van der Waals surface area contributed by atoms with Crippen LogP contribution in [0.2, 0.25) is 0 Å². The third-order valence-corrected chi connectivity index (χ3v) is 0. The number of hydrogen-bond donors (Lipinski definition) is 0. The molecular weight excluding hydrogens is 237 g/mol. The maximum absolute atomic E-state index is 8.25. The molecule has 0 aromatic carbocycles. The van der Waals surface area contributed by atoms with Gasteiger partial charge in [0.15, 0.2) is 0 Å². The zero-order chi connectivity index (χ0) is 10.7. The van der Waals surface area contributed by atoms with Crippen LogP contribution in [0.5, 0.6) is 0 Å². The summed E-state index contributed by atoms with van der Waals surface area (Å²) in [4.78, 5) is 24.8. The molecule has 0 aromatic rings. The summed E-state index contributed by atoms with van der Waals surface area (Å²) in [5.41, 5.74) is 0. The molecule has 0 saturated heterocycles. The van der Waals surface area contributed by atoms with Crippen molar-refractivity contribution in [2.45, 2.75) is 0 Å². The van der Waals surface area contributed by atoms with Gasteiger partial charge in [-0.05, 0) is 0 Å². The van der Waals surface area contributed by atoms with E-state index in [-0.39, 0.29) is 18.6 Å². The Bertz CT molecular complexity index is 112. The normalized spacial score (nSPS) is 5.54. The van der Waals surface area contributed by atoms with Gasteiger partial charge in [-0.25, -0.2) is 0 Å². The largest absolute Gasteiger partial charge is 3.00 e. The topological polar surface area (TPSA) is 199 Å². The Hall–Kier alpha value is -1.82. The zero-order valence-electron chi connectivity index (χ0n) is 5.46. The minimum Gasteiger partial charge on any atom is -0.356 e. The van der Waals surface area contributed by atoms with E-state index in [0.29, 0.717) is 0 Å². The quantitative estimate of drug-likeness (QED) is 0.384. The molecule has 0 spiro atoms. The van der Waals surface area contributed by atoms with E-state index in [1.54, 1.807) is 0 Å². The van der Waals surface area contributed by atoms with Gasteiger partial charge in [0, 0.05) is 0 Å². The number of rotatable bonds is 0. The van der Waals surface area contributed by atoms with Gasteiger partial charge in [-0.1, -0.05) is 0 Å². The molecule has 0 heterocycles. The third kappa shape index (κ3) is 207. The van der Waals surface area contributed by atoms with Crippen molar-refractivity contribution in [3.8, 4) is 0 Å². The Balaban J connectivity index is -0.0000000450. The van der Waals surface area contributed by atoms with Crippen LogP contribution in [-0.2, 0) is 18.6 Å². The molecule has 0 N–H and O–H groups in total. The summed E-state index contributed by atoms with van der Waals surface area (Å²) in [7, 11) is 0. The molecule has 13 heteroatoms. The van der Waals surface area contributed by atoms with Gasteiger partial charge >= 0.3 is 18.6 Å². The molecule has 13 heavy (non-hydrogen) atoms. The van der Waals surface area contributed by atoms with Gasteiger partial charge in [-0.15, -0.1) is 0 Å². The Morgan fingerprint density at radius 2 is 0.538 bits per heavy atom. The van der Waals surface area contributed by atoms with Gasteiger partial charge in [-0.2, -0.15) is 0 Å². The number of hydrogen-bond acceptors (Lipinski definition) is 9. The molecule has 0 unspecified atom stereocenters. The van der Waals surface area contributed by atoms with Crippen molar-refractivity contribution in [3.63, 3.8) is 0 Å². The fraction of sp³-hybridized carbons (Fsp3) is 0. The standard InChI is InChI=1S/3NO3.V/c3*2-1(3)4;/q3*-1;+3. The number of nitrogens with zero attached hydrogens (tertiary/aromatic N) is 3. The second kappa shape index (κ2) is 16.6. The average Bonchev–Trinajstić information content (AvgIpc) is 1.54. The monoisotopic (exact) mass is 237 g/mol. The van der Waals surface area contributed by atoms with Gasteiger partial charge in [0.05, 0.1) is 15.3 Å². The molecule has 0 aliphatic rings. The molecule has 74 valence electrons. The van der Waals surface area contributed by atoms with Crippen molar-refractivity contribution in [3.05, 3.63) is 46.0 Å². The van der Waals surface area contributed by atoms with E-state index in [1.807, 2.05) is 0 Å². The van der Waals surface area contributed by atoms with Gasteiger partial charge in [0.2, 0.25) is 0 Å². The molecule has 0 aliphatic carbocycles. The summed E-state index contributed by atoms with van der Waals surface area (Å²) in [5.74, 6) is 0. The Morgan fingerprint density at radius 1 is 0.538 bits per heavy atom. The molecule has 0 bridgehead atoms. The smallest absolute Gasteiger partial charge is 0.356 e. The van der Waals surface area contributed by atoms with Gasteiger partial charge in [-0.3, -0.25) is 0 Å². The van der Waals surface area contributed by atoms with E-state index in [0.717, 1.165) is 0 Å². The molecule has 0 aromatic heterocycles. The van der Waals surface area contributed by atoms with E-state index in [4.69, 9.17) is 46.0 Å². The van der Waals surface area contributed by atoms with Crippen molar-refractivity contribution >= 4 is 0 Å². The molecule has 0 atom stereocenters. The Morgan fingerprint density at radius 3 is 0.538 bits per heavy atom. The molecule has 0 amide bonds. The van der Waals surface area contributed by atoms with E-state index < -0.39 is 15.3 Å². The summed E-state index contributed by atoms with van der Waals surface area (Å²) < 4.78 is 0. The first-order chi connectivity index (χ1) is 5.20. The SMILES string of the molecule is O=[N+]([O-])[O-].O=[N+]([O-])[O-].O=[N+]([O-])[O-].[V+3]. The predicted molar refractivity (Wildman–Crippen MR) is 31.1 cm³/mol. The van der Waals surface area contributed by atoms with Crippen molar-refractivity contribution in [2.75, 3.05) is 0 Å². The first-order valence-corrected chi connectivity index (χ1v) is 1.64. The van der Waals surface area contributed by atoms with Crippen LogP contribution in [0, 0.1) is 46.0 Å². The molecule has 0 aliphatic heterocycles. The fourth-order valence-corrected chi connectivity index (χ4v) is 0. The average molecular weight is 237 g/mol. The summed E-state index contributed by atoms with van der Waals surface area (Å²) in [6, 6.07) is 0. The minimum atomic E-state index is -1.75. The van der Waals surface area contributed by atoms with Gasteiger partial charge in [0.25, 0.3) is 0 Å². The maximum Gasteiger partial charge on any atom is 3.00 e.